The Morgan fingerprint density at radius 1 is 0.500 bits per heavy atom. The van der Waals surface area contributed by atoms with E-state index >= 15 is 0 Å². The van der Waals surface area contributed by atoms with E-state index in [4.69, 9.17) is 24.4 Å². The Morgan fingerprint density at radius 3 is 1.91 bits per heavy atom. The first-order chi connectivity index (χ1) is 21.8. The van der Waals surface area contributed by atoms with Crippen LogP contribution in [0.2, 0.25) is 0 Å². The quantitative estimate of drug-likeness (QED) is 0.213. The number of hydrogen-bond acceptors (Lipinski definition) is 5. The lowest BCUT2D eigenvalue weighted by molar-refractivity contribution is 0.668. The number of para-hydroxylation sites is 1. The number of aromatic nitrogens is 5. The van der Waals surface area contributed by atoms with Crippen LogP contribution in [0.15, 0.2) is 144 Å². The van der Waals surface area contributed by atoms with Crippen LogP contribution in [0.4, 0.5) is 0 Å². The van der Waals surface area contributed by atoms with Crippen molar-refractivity contribution < 1.29 is 4.42 Å². The average molecular weight is 566 g/mol. The molecule has 6 nitrogen and oxygen atoms in total. The predicted molar refractivity (Wildman–Crippen MR) is 176 cm³/mol. The summed E-state index contributed by atoms with van der Waals surface area (Å²) in [5.74, 6) is 1.88. The van der Waals surface area contributed by atoms with Crippen molar-refractivity contribution in [1.82, 2.24) is 24.5 Å². The molecule has 0 unspecified atom stereocenters. The maximum Gasteiger partial charge on any atom is 0.164 e. The summed E-state index contributed by atoms with van der Waals surface area (Å²) >= 11 is 0. The van der Waals surface area contributed by atoms with Crippen LogP contribution >= 0.6 is 0 Å². The fraction of sp³-hybridized carbons (Fsp3) is 0. The third-order valence-corrected chi connectivity index (χ3v) is 8.09. The summed E-state index contributed by atoms with van der Waals surface area (Å²) < 4.78 is 8.55. The number of hydrogen-bond donors (Lipinski definition) is 0. The third kappa shape index (κ3) is 3.82. The summed E-state index contributed by atoms with van der Waals surface area (Å²) in [6.45, 7) is 0. The lowest BCUT2D eigenvalue weighted by Gasteiger charge is -2.12. The van der Waals surface area contributed by atoms with Crippen LogP contribution in [0.1, 0.15) is 0 Å². The molecule has 206 valence electrons. The molecular weight excluding hydrogens is 542 g/mol. The zero-order valence-electron chi connectivity index (χ0n) is 23.4. The maximum absolute atomic E-state index is 6.25. The molecule has 4 aromatic heterocycles. The molecule has 44 heavy (non-hydrogen) atoms. The standard InChI is InChI=1S/C38H23N5O/c1-3-11-24(12-4-1)36-40-37(25-13-5-2-6-14-25)42-38(41-36)26-15-9-16-27(23-26)43-30-18-8-7-17-28(30)29-20-21-31-33(35(29)43)34-32(44-31)19-10-22-39-34/h1-23H. The van der Waals surface area contributed by atoms with Crippen molar-refractivity contribution in [1.29, 1.82) is 0 Å². The summed E-state index contributed by atoms with van der Waals surface area (Å²) in [4.78, 5) is 19.5. The molecule has 0 spiro atoms. The molecule has 4 heterocycles. The molecule has 0 bridgehead atoms. The van der Waals surface area contributed by atoms with E-state index in [2.05, 4.69) is 59.2 Å². The molecule has 0 radical (unpaired) electrons. The fourth-order valence-corrected chi connectivity index (χ4v) is 6.12. The lowest BCUT2D eigenvalue weighted by Crippen LogP contribution is -2.01. The molecule has 0 saturated carbocycles. The van der Waals surface area contributed by atoms with E-state index < -0.39 is 0 Å². The number of nitrogens with zero attached hydrogens (tertiary/aromatic N) is 5. The molecule has 9 aromatic rings. The number of fused-ring (bicyclic) bond motifs is 7. The first-order valence-corrected chi connectivity index (χ1v) is 14.5. The highest BCUT2D eigenvalue weighted by atomic mass is 16.3. The number of pyridine rings is 1. The van der Waals surface area contributed by atoms with Gasteiger partial charge in [0.25, 0.3) is 0 Å². The van der Waals surface area contributed by atoms with Crippen LogP contribution in [0.25, 0.3) is 83.7 Å². The molecule has 9 rings (SSSR count). The van der Waals surface area contributed by atoms with Gasteiger partial charge >= 0.3 is 0 Å². The molecule has 6 heteroatoms. The predicted octanol–water partition coefficient (Wildman–Crippen LogP) is 9.26. The Kier molecular flexibility index (Phi) is 5.40. The van der Waals surface area contributed by atoms with Gasteiger partial charge in [0.1, 0.15) is 11.1 Å². The minimum absolute atomic E-state index is 0.612. The van der Waals surface area contributed by atoms with Gasteiger partial charge in [0.15, 0.2) is 23.1 Å². The fourth-order valence-electron chi connectivity index (χ4n) is 6.12. The van der Waals surface area contributed by atoms with Gasteiger partial charge in [-0.1, -0.05) is 91.0 Å². The number of furan rings is 1. The summed E-state index contributed by atoms with van der Waals surface area (Å²) in [7, 11) is 0. The van der Waals surface area contributed by atoms with Crippen LogP contribution in [0.5, 0.6) is 0 Å². The molecule has 0 N–H and O–H groups in total. The largest absolute Gasteiger partial charge is 0.454 e. The van der Waals surface area contributed by atoms with Gasteiger partial charge in [0, 0.05) is 39.3 Å². The molecule has 0 aliphatic carbocycles. The Hall–Kier alpha value is -6.14. The molecule has 0 fully saturated rings. The number of benzene rings is 5. The first-order valence-electron chi connectivity index (χ1n) is 14.5. The summed E-state index contributed by atoms with van der Waals surface area (Å²) in [6, 6.07) is 45.0. The van der Waals surface area contributed by atoms with Gasteiger partial charge < -0.3 is 8.98 Å². The normalized spacial score (nSPS) is 11.6. The second-order valence-electron chi connectivity index (χ2n) is 10.7. The first kappa shape index (κ1) is 24.5. The van der Waals surface area contributed by atoms with E-state index in [1.807, 2.05) is 85.1 Å². The Labute approximate surface area is 251 Å². The Bertz CT molecular complexity index is 2440. The van der Waals surface area contributed by atoms with Crippen LogP contribution < -0.4 is 0 Å². The maximum atomic E-state index is 6.25. The van der Waals surface area contributed by atoms with Crippen molar-refractivity contribution in [2.75, 3.05) is 0 Å². The van der Waals surface area contributed by atoms with E-state index in [0.29, 0.717) is 17.5 Å². The summed E-state index contributed by atoms with van der Waals surface area (Å²) in [6.07, 6.45) is 1.82. The lowest BCUT2D eigenvalue weighted by atomic mass is 10.1. The average Bonchev–Trinajstić information content (AvgIpc) is 3.65. The van der Waals surface area contributed by atoms with Crippen molar-refractivity contribution in [3.8, 4) is 39.9 Å². The van der Waals surface area contributed by atoms with E-state index in [9.17, 15) is 0 Å². The minimum atomic E-state index is 0.612. The Balaban J connectivity index is 1.31. The highest BCUT2D eigenvalue weighted by molar-refractivity contribution is 6.23. The molecule has 0 atom stereocenters. The second-order valence-corrected chi connectivity index (χ2v) is 10.7. The van der Waals surface area contributed by atoms with Gasteiger partial charge in [-0.25, -0.2) is 15.0 Å². The molecule has 5 aromatic carbocycles. The molecule has 0 aliphatic rings. The van der Waals surface area contributed by atoms with Crippen LogP contribution in [0.3, 0.4) is 0 Å². The molecule has 0 aliphatic heterocycles. The number of rotatable bonds is 4. The molecule has 0 amide bonds. The minimum Gasteiger partial charge on any atom is -0.454 e. The van der Waals surface area contributed by atoms with Crippen molar-refractivity contribution in [3.63, 3.8) is 0 Å². The molecule has 0 saturated heterocycles. The van der Waals surface area contributed by atoms with Gasteiger partial charge in [0.05, 0.1) is 16.4 Å². The van der Waals surface area contributed by atoms with E-state index in [-0.39, 0.29) is 0 Å². The van der Waals surface area contributed by atoms with E-state index in [1.165, 1.54) is 0 Å². The van der Waals surface area contributed by atoms with Gasteiger partial charge in [-0.2, -0.15) is 0 Å². The van der Waals surface area contributed by atoms with Crippen molar-refractivity contribution >= 4 is 43.9 Å². The van der Waals surface area contributed by atoms with Gasteiger partial charge in [0.2, 0.25) is 0 Å². The zero-order valence-corrected chi connectivity index (χ0v) is 23.4. The third-order valence-electron chi connectivity index (χ3n) is 8.09. The van der Waals surface area contributed by atoms with Crippen molar-refractivity contribution in [3.05, 3.63) is 140 Å². The van der Waals surface area contributed by atoms with Gasteiger partial charge in [-0.3, -0.25) is 4.98 Å². The second kappa shape index (κ2) is 9.71. The van der Waals surface area contributed by atoms with Crippen LogP contribution in [-0.2, 0) is 0 Å². The zero-order chi connectivity index (χ0) is 29.0. The van der Waals surface area contributed by atoms with Crippen LogP contribution in [-0.4, -0.2) is 24.5 Å². The topological polar surface area (TPSA) is 69.6 Å². The smallest absolute Gasteiger partial charge is 0.164 e. The van der Waals surface area contributed by atoms with Gasteiger partial charge in [-0.15, -0.1) is 0 Å². The highest BCUT2D eigenvalue weighted by Crippen LogP contribution is 2.40. The SMILES string of the molecule is c1ccc(-c2nc(-c3ccccc3)nc(-c3cccc(-n4c5ccccc5c5ccc6oc7cccnc7c6c54)c3)n2)cc1. The Morgan fingerprint density at radius 2 is 1.16 bits per heavy atom. The summed E-state index contributed by atoms with van der Waals surface area (Å²) in [5, 5.41) is 3.31. The summed E-state index contributed by atoms with van der Waals surface area (Å²) in [5.41, 5.74) is 8.36. The van der Waals surface area contributed by atoms with E-state index in [0.717, 1.165) is 66.3 Å². The monoisotopic (exact) mass is 565 g/mol. The van der Waals surface area contributed by atoms with Gasteiger partial charge in [-0.05, 0) is 42.5 Å². The van der Waals surface area contributed by atoms with Crippen LogP contribution in [0, 0.1) is 0 Å². The van der Waals surface area contributed by atoms with Crippen molar-refractivity contribution in [2.45, 2.75) is 0 Å². The highest BCUT2D eigenvalue weighted by Gasteiger charge is 2.20. The van der Waals surface area contributed by atoms with E-state index in [1.54, 1.807) is 0 Å². The van der Waals surface area contributed by atoms with Crippen molar-refractivity contribution in [2.24, 2.45) is 0 Å². The molecular formula is C38H23N5O.